The van der Waals surface area contributed by atoms with Crippen molar-refractivity contribution in [3.8, 4) is 0 Å². The Morgan fingerprint density at radius 3 is 2.57 bits per heavy atom. The summed E-state index contributed by atoms with van der Waals surface area (Å²) in [7, 11) is 0. The van der Waals surface area contributed by atoms with Crippen LogP contribution in [0.25, 0.3) is 0 Å². The molecule has 0 aliphatic heterocycles. The number of halogens is 1. The summed E-state index contributed by atoms with van der Waals surface area (Å²) in [4.78, 5) is 4.21. The number of hydrazone groups is 1. The number of aromatic nitrogens is 1. The van der Waals surface area contributed by atoms with E-state index in [1.54, 1.807) is 40.9 Å². The summed E-state index contributed by atoms with van der Waals surface area (Å²) in [6.07, 6.45) is 3.40. The Morgan fingerprint density at radius 1 is 1.05 bits per heavy atom. The van der Waals surface area contributed by atoms with Gasteiger partial charge < -0.3 is 0 Å². The maximum absolute atomic E-state index is 13.1. The van der Waals surface area contributed by atoms with Gasteiger partial charge in [0, 0.05) is 11.6 Å². The van der Waals surface area contributed by atoms with E-state index in [1.807, 2.05) is 35.0 Å². The van der Waals surface area contributed by atoms with Crippen LogP contribution < -0.4 is 5.01 Å². The molecule has 2 aromatic heterocycles. The molecule has 0 saturated carbocycles. The van der Waals surface area contributed by atoms with Crippen LogP contribution in [0.5, 0.6) is 0 Å². The van der Waals surface area contributed by atoms with Crippen LogP contribution >= 0.6 is 11.3 Å². The standard InChI is InChI=1S/C16H12FN3S/c17-13-4-6-15(7-5-13)20(16-8-10-21-12-16)19-11-14-3-1-2-9-18-14/h1-12H/b19-11+. The van der Waals surface area contributed by atoms with Gasteiger partial charge in [0.05, 0.1) is 23.3 Å². The van der Waals surface area contributed by atoms with Crippen molar-refractivity contribution < 1.29 is 4.39 Å². The van der Waals surface area contributed by atoms with Crippen LogP contribution in [0.2, 0.25) is 0 Å². The highest BCUT2D eigenvalue weighted by Crippen LogP contribution is 2.27. The van der Waals surface area contributed by atoms with E-state index in [0.29, 0.717) is 0 Å². The normalized spacial score (nSPS) is 10.9. The van der Waals surface area contributed by atoms with E-state index in [0.717, 1.165) is 17.1 Å². The fraction of sp³-hybridized carbons (Fsp3) is 0. The van der Waals surface area contributed by atoms with Crippen molar-refractivity contribution in [1.29, 1.82) is 0 Å². The van der Waals surface area contributed by atoms with E-state index >= 15 is 0 Å². The summed E-state index contributed by atoms with van der Waals surface area (Å²) >= 11 is 1.58. The molecule has 3 aromatic rings. The second-order valence-corrected chi connectivity index (χ2v) is 5.05. The Labute approximate surface area is 126 Å². The van der Waals surface area contributed by atoms with E-state index in [-0.39, 0.29) is 5.82 Å². The number of pyridine rings is 1. The summed E-state index contributed by atoms with van der Waals surface area (Å²) in [5.41, 5.74) is 2.49. The van der Waals surface area contributed by atoms with Crippen molar-refractivity contribution in [3.05, 3.63) is 77.0 Å². The van der Waals surface area contributed by atoms with Crippen LogP contribution in [0.15, 0.2) is 70.6 Å². The Kier molecular flexibility index (Phi) is 4.02. The maximum atomic E-state index is 13.1. The zero-order chi connectivity index (χ0) is 14.5. The molecular formula is C16H12FN3S. The molecule has 3 rings (SSSR count). The molecule has 2 heterocycles. The summed E-state index contributed by atoms with van der Waals surface area (Å²) in [5.74, 6) is -0.266. The molecule has 0 aliphatic rings. The lowest BCUT2D eigenvalue weighted by Gasteiger charge is -2.17. The van der Waals surface area contributed by atoms with Crippen molar-refractivity contribution in [2.45, 2.75) is 0 Å². The minimum absolute atomic E-state index is 0.266. The molecule has 0 amide bonds. The minimum atomic E-state index is -0.266. The summed E-state index contributed by atoms with van der Waals surface area (Å²) in [6.45, 7) is 0. The quantitative estimate of drug-likeness (QED) is 0.525. The molecule has 0 spiro atoms. The number of hydrogen-bond acceptors (Lipinski definition) is 4. The van der Waals surface area contributed by atoms with E-state index < -0.39 is 0 Å². The van der Waals surface area contributed by atoms with Crippen molar-refractivity contribution in [1.82, 2.24) is 4.98 Å². The van der Waals surface area contributed by atoms with E-state index in [9.17, 15) is 4.39 Å². The molecule has 0 unspecified atom stereocenters. The van der Waals surface area contributed by atoms with Gasteiger partial charge in [0.1, 0.15) is 5.82 Å². The van der Waals surface area contributed by atoms with E-state index in [4.69, 9.17) is 0 Å². The van der Waals surface area contributed by atoms with Gasteiger partial charge in [-0.05, 0) is 47.8 Å². The molecule has 0 atom stereocenters. The SMILES string of the molecule is Fc1ccc(N(/N=C/c2ccccn2)c2ccsc2)cc1. The average Bonchev–Trinajstić information content (AvgIpc) is 3.04. The molecule has 0 N–H and O–H groups in total. The number of thiophene rings is 1. The number of anilines is 2. The third kappa shape index (κ3) is 3.32. The average molecular weight is 297 g/mol. The van der Waals surface area contributed by atoms with Crippen LogP contribution in [0, 0.1) is 5.82 Å². The summed E-state index contributed by atoms with van der Waals surface area (Å²) < 4.78 is 13.1. The fourth-order valence-electron chi connectivity index (χ4n) is 1.81. The highest BCUT2D eigenvalue weighted by molar-refractivity contribution is 7.08. The van der Waals surface area contributed by atoms with Crippen molar-refractivity contribution in [2.75, 3.05) is 5.01 Å². The van der Waals surface area contributed by atoms with Crippen molar-refractivity contribution in [3.63, 3.8) is 0 Å². The zero-order valence-electron chi connectivity index (χ0n) is 11.1. The Hall–Kier alpha value is -2.53. The van der Waals surface area contributed by atoms with Gasteiger partial charge in [-0.3, -0.25) is 4.98 Å². The minimum Gasteiger partial charge on any atom is -0.255 e. The predicted molar refractivity (Wildman–Crippen MR) is 84.7 cm³/mol. The topological polar surface area (TPSA) is 28.5 Å². The molecule has 5 heteroatoms. The Bertz CT molecular complexity index is 709. The van der Waals surface area contributed by atoms with Crippen LogP contribution in [0.4, 0.5) is 15.8 Å². The second-order valence-electron chi connectivity index (χ2n) is 4.27. The lowest BCUT2D eigenvalue weighted by atomic mass is 10.3. The number of nitrogens with zero attached hydrogens (tertiary/aromatic N) is 3. The summed E-state index contributed by atoms with van der Waals surface area (Å²) in [5, 5.41) is 10.2. The first-order valence-electron chi connectivity index (χ1n) is 6.36. The first-order chi connectivity index (χ1) is 10.3. The van der Waals surface area contributed by atoms with Gasteiger partial charge >= 0.3 is 0 Å². The van der Waals surface area contributed by atoms with Gasteiger partial charge in [-0.2, -0.15) is 16.4 Å². The van der Waals surface area contributed by atoms with Gasteiger partial charge in [-0.1, -0.05) is 6.07 Å². The molecule has 104 valence electrons. The van der Waals surface area contributed by atoms with Crippen molar-refractivity contribution >= 4 is 28.9 Å². The summed E-state index contributed by atoms with van der Waals surface area (Å²) in [6, 6.07) is 13.8. The highest BCUT2D eigenvalue weighted by atomic mass is 32.1. The molecule has 21 heavy (non-hydrogen) atoms. The van der Waals surface area contributed by atoms with Gasteiger partial charge in [0.2, 0.25) is 0 Å². The van der Waals surface area contributed by atoms with Crippen LogP contribution in [-0.4, -0.2) is 11.2 Å². The maximum Gasteiger partial charge on any atom is 0.123 e. The van der Waals surface area contributed by atoms with E-state index in [1.165, 1.54) is 12.1 Å². The van der Waals surface area contributed by atoms with Gasteiger partial charge in [0.25, 0.3) is 0 Å². The Balaban J connectivity index is 1.94. The zero-order valence-corrected chi connectivity index (χ0v) is 11.9. The number of hydrogen-bond donors (Lipinski definition) is 0. The molecular weight excluding hydrogens is 285 g/mol. The first-order valence-corrected chi connectivity index (χ1v) is 7.30. The lowest BCUT2D eigenvalue weighted by Crippen LogP contribution is -2.08. The molecule has 0 aliphatic carbocycles. The molecule has 0 bridgehead atoms. The van der Waals surface area contributed by atoms with Gasteiger partial charge in [0.15, 0.2) is 0 Å². The van der Waals surface area contributed by atoms with Crippen molar-refractivity contribution in [2.24, 2.45) is 5.10 Å². The molecule has 3 nitrogen and oxygen atoms in total. The van der Waals surface area contributed by atoms with Gasteiger partial charge in [-0.15, -0.1) is 0 Å². The van der Waals surface area contributed by atoms with E-state index in [2.05, 4.69) is 10.1 Å². The lowest BCUT2D eigenvalue weighted by molar-refractivity contribution is 0.628. The number of rotatable bonds is 4. The fourth-order valence-corrected chi connectivity index (χ4v) is 2.43. The smallest absolute Gasteiger partial charge is 0.123 e. The monoisotopic (exact) mass is 297 g/mol. The molecule has 0 fully saturated rings. The van der Waals surface area contributed by atoms with Crippen LogP contribution in [0.3, 0.4) is 0 Å². The highest BCUT2D eigenvalue weighted by Gasteiger charge is 2.08. The third-order valence-corrected chi connectivity index (χ3v) is 3.49. The molecule has 0 saturated heterocycles. The third-order valence-electron chi connectivity index (χ3n) is 2.82. The second kappa shape index (κ2) is 6.28. The first kappa shape index (κ1) is 13.5. The predicted octanol–water partition coefficient (Wildman–Crippen LogP) is 4.45. The van der Waals surface area contributed by atoms with Gasteiger partial charge in [-0.25, -0.2) is 9.40 Å². The largest absolute Gasteiger partial charge is 0.255 e. The molecule has 1 aromatic carbocycles. The molecule has 0 radical (unpaired) electrons. The van der Waals surface area contributed by atoms with Crippen LogP contribution in [0.1, 0.15) is 5.69 Å². The Morgan fingerprint density at radius 2 is 1.90 bits per heavy atom. The van der Waals surface area contributed by atoms with Crippen LogP contribution in [-0.2, 0) is 0 Å². The number of benzene rings is 1.